The fourth-order valence-electron chi connectivity index (χ4n) is 1.64. The van der Waals surface area contributed by atoms with Crippen molar-refractivity contribution in [2.45, 2.75) is 20.3 Å². The number of rotatable bonds is 8. The zero-order chi connectivity index (χ0) is 15.8. The fraction of sp³-hybridized carbons (Fsp3) is 0.500. The Hall–Kier alpha value is -1.66. The van der Waals surface area contributed by atoms with Crippen molar-refractivity contribution in [1.29, 1.82) is 0 Å². The first kappa shape index (κ1) is 17.4. The number of carbonyl (C=O) groups is 1. The molecule has 7 heteroatoms. The molecule has 1 rings (SSSR count). The van der Waals surface area contributed by atoms with Gasteiger partial charge in [-0.2, -0.15) is 0 Å². The largest absolute Gasteiger partial charge is 0.381 e. The highest BCUT2D eigenvalue weighted by Gasteiger charge is 2.20. The van der Waals surface area contributed by atoms with Crippen molar-refractivity contribution in [3.8, 4) is 0 Å². The van der Waals surface area contributed by atoms with Gasteiger partial charge in [0.2, 0.25) is 0 Å². The van der Waals surface area contributed by atoms with Crippen LogP contribution < -0.4 is 5.32 Å². The summed E-state index contributed by atoms with van der Waals surface area (Å²) in [7, 11) is 0. The Bertz CT molecular complexity index is 506. The maximum Gasteiger partial charge on any atom is 0.283 e. The summed E-state index contributed by atoms with van der Waals surface area (Å²) in [6.07, 6.45) is 0.653. The number of carbonyl (C=O) groups excluding carboxylic acids is 1. The van der Waals surface area contributed by atoms with E-state index in [1.54, 1.807) is 0 Å². The summed E-state index contributed by atoms with van der Waals surface area (Å²) in [5.74, 6) is -0.0152. The standard InChI is InChI=1S/C14H19ClN2O4/c1-10(2)9-21-7-3-6-16-14(18)12-5-4-11(15)8-13(12)17(19)20/h4-5,8,10H,3,6-7,9H2,1-2H3,(H,16,18). The highest BCUT2D eigenvalue weighted by atomic mass is 35.5. The van der Waals surface area contributed by atoms with Crippen molar-refractivity contribution < 1.29 is 14.5 Å². The van der Waals surface area contributed by atoms with Crippen LogP contribution in [0.1, 0.15) is 30.6 Å². The van der Waals surface area contributed by atoms with Crippen LogP contribution >= 0.6 is 11.6 Å². The van der Waals surface area contributed by atoms with E-state index in [1.165, 1.54) is 18.2 Å². The van der Waals surface area contributed by atoms with Crippen molar-refractivity contribution >= 4 is 23.2 Å². The second-order valence-corrected chi connectivity index (χ2v) is 5.43. The van der Waals surface area contributed by atoms with Crippen molar-refractivity contribution in [2.24, 2.45) is 5.92 Å². The van der Waals surface area contributed by atoms with Crippen LogP contribution in [0.5, 0.6) is 0 Å². The van der Waals surface area contributed by atoms with Crippen LogP contribution in [0.4, 0.5) is 5.69 Å². The molecule has 0 atom stereocenters. The van der Waals surface area contributed by atoms with Gasteiger partial charge in [-0.05, 0) is 24.5 Å². The smallest absolute Gasteiger partial charge is 0.283 e. The number of nitrogens with one attached hydrogen (secondary N) is 1. The fourth-order valence-corrected chi connectivity index (χ4v) is 1.80. The molecule has 0 aromatic heterocycles. The number of halogens is 1. The Morgan fingerprint density at radius 2 is 2.19 bits per heavy atom. The van der Waals surface area contributed by atoms with Crippen LogP contribution in [-0.4, -0.2) is 30.6 Å². The summed E-state index contributed by atoms with van der Waals surface area (Å²) >= 11 is 5.70. The van der Waals surface area contributed by atoms with Crippen molar-refractivity contribution in [2.75, 3.05) is 19.8 Å². The Morgan fingerprint density at radius 3 is 2.81 bits per heavy atom. The molecule has 21 heavy (non-hydrogen) atoms. The van der Waals surface area contributed by atoms with E-state index < -0.39 is 10.8 Å². The molecule has 1 N–H and O–H groups in total. The molecule has 0 aliphatic heterocycles. The monoisotopic (exact) mass is 314 g/mol. The number of nitrogens with zero attached hydrogens (tertiary/aromatic N) is 1. The Balaban J connectivity index is 2.47. The van der Waals surface area contributed by atoms with Gasteiger partial charge in [0, 0.05) is 30.8 Å². The van der Waals surface area contributed by atoms with Gasteiger partial charge < -0.3 is 10.1 Å². The number of nitro groups is 1. The van der Waals surface area contributed by atoms with Crippen molar-refractivity contribution in [1.82, 2.24) is 5.32 Å². The van der Waals surface area contributed by atoms with E-state index in [-0.39, 0.29) is 16.3 Å². The molecule has 0 bridgehead atoms. The summed E-state index contributed by atoms with van der Waals surface area (Å²) in [6.45, 7) is 5.73. The van der Waals surface area contributed by atoms with Gasteiger partial charge in [0.05, 0.1) is 4.92 Å². The third kappa shape index (κ3) is 6.10. The zero-order valence-corrected chi connectivity index (χ0v) is 12.9. The number of hydrogen-bond acceptors (Lipinski definition) is 4. The van der Waals surface area contributed by atoms with E-state index in [2.05, 4.69) is 19.2 Å². The predicted octanol–water partition coefficient (Wildman–Crippen LogP) is 3.04. The average Bonchev–Trinajstić information content (AvgIpc) is 2.41. The first-order valence-electron chi connectivity index (χ1n) is 6.71. The maximum absolute atomic E-state index is 11.9. The minimum Gasteiger partial charge on any atom is -0.381 e. The maximum atomic E-state index is 11.9. The zero-order valence-electron chi connectivity index (χ0n) is 12.1. The lowest BCUT2D eigenvalue weighted by molar-refractivity contribution is -0.385. The highest BCUT2D eigenvalue weighted by molar-refractivity contribution is 6.31. The molecule has 0 aliphatic rings. The van der Waals surface area contributed by atoms with Crippen LogP contribution in [0.3, 0.4) is 0 Å². The highest BCUT2D eigenvalue weighted by Crippen LogP contribution is 2.22. The lowest BCUT2D eigenvalue weighted by Gasteiger charge is -2.08. The van der Waals surface area contributed by atoms with Crippen LogP contribution in [0.2, 0.25) is 5.02 Å². The van der Waals surface area contributed by atoms with Gasteiger partial charge in [-0.1, -0.05) is 25.4 Å². The van der Waals surface area contributed by atoms with Crippen LogP contribution in [0.15, 0.2) is 18.2 Å². The quantitative estimate of drug-likeness (QED) is 0.454. The lowest BCUT2D eigenvalue weighted by atomic mass is 10.1. The summed E-state index contributed by atoms with van der Waals surface area (Å²) in [6, 6.07) is 3.97. The lowest BCUT2D eigenvalue weighted by Crippen LogP contribution is -2.26. The van der Waals surface area contributed by atoms with Gasteiger partial charge in [0.25, 0.3) is 11.6 Å². The first-order chi connectivity index (χ1) is 9.91. The summed E-state index contributed by atoms with van der Waals surface area (Å²) in [4.78, 5) is 22.2. The molecule has 0 spiro atoms. The van der Waals surface area contributed by atoms with Gasteiger partial charge in [0.1, 0.15) is 5.56 Å². The average molecular weight is 315 g/mol. The molecular formula is C14H19ClN2O4. The van der Waals surface area contributed by atoms with Gasteiger partial charge in [-0.25, -0.2) is 0 Å². The molecule has 1 aromatic rings. The van der Waals surface area contributed by atoms with E-state index in [0.717, 1.165) is 0 Å². The molecule has 1 amide bonds. The molecule has 0 aliphatic carbocycles. The molecule has 0 radical (unpaired) electrons. The van der Waals surface area contributed by atoms with Gasteiger partial charge in [-0.3, -0.25) is 14.9 Å². The van der Waals surface area contributed by atoms with E-state index in [0.29, 0.717) is 32.1 Å². The van der Waals surface area contributed by atoms with Crippen LogP contribution in [-0.2, 0) is 4.74 Å². The predicted molar refractivity (Wildman–Crippen MR) is 80.7 cm³/mol. The second-order valence-electron chi connectivity index (χ2n) is 5.00. The molecular weight excluding hydrogens is 296 g/mol. The van der Waals surface area contributed by atoms with Crippen LogP contribution in [0.25, 0.3) is 0 Å². The molecule has 0 fully saturated rings. The molecule has 0 heterocycles. The number of amides is 1. The minimum atomic E-state index is -0.619. The molecule has 116 valence electrons. The number of hydrogen-bond donors (Lipinski definition) is 1. The van der Waals surface area contributed by atoms with Gasteiger partial charge >= 0.3 is 0 Å². The Morgan fingerprint density at radius 1 is 1.48 bits per heavy atom. The Labute approximate surface area is 128 Å². The third-order valence-electron chi connectivity index (χ3n) is 2.60. The molecule has 0 saturated heterocycles. The molecule has 6 nitrogen and oxygen atoms in total. The minimum absolute atomic E-state index is 0.00694. The topological polar surface area (TPSA) is 81.5 Å². The second kappa shape index (κ2) is 8.59. The third-order valence-corrected chi connectivity index (χ3v) is 2.84. The van der Waals surface area contributed by atoms with E-state index >= 15 is 0 Å². The summed E-state index contributed by atoms with van der Waals surface area (Å²) in [5.41, 5.74) is -0.288. The van der Waals surface area contributed by atoms with E-state index in [1.807, 2.05) is 0 Å². The Kier molecular flexibility index (Phi) is 7.11. The molecule has 0 unspecified atom stereocenters. The van der Waals surface area contributed by atoms with Crippen LogP contribution in [0, 0.1) is 16.0 Å². The van der Waals surface area contributed by atoms with Gasteiger partial charge in [-0.15, -0.1) is 0 Å². The van der Waals surface area contributed by atoms with E-state index in [4.69, 9.17) is 16.3 Å². The SMILES string of the molecule is CC(C)COCCCNC(=O)c1ccc(Cl)cc1[N+](=O)[O-]. The normalized spacial score (nSPS) is 10.7. The van der Waals surface area contributed by atoms with Crippen molar-refractivity contribution in [3.63, 3.8) is 0 Å². The van der Waals surface area contributed by atoms with E-state index in [9.17, 15) is 14.9 Å². The number of benzene rings is 1. The number of nitro benzene ring substituents is 1. The molecule has 1 aromatic carbocycles. The van der Waals surface area contributed by atoms with Gasteiger partial charge in [0.15, 0.2) is 0 Å². The summed E-state index contributed by atoms with van der Waals surface area (Å²) < 4.78 is 5.38. The van der Waals surface area contributed by atoms with Crippen molar-refractivity contribution in [3.05, 3.63) is 38.9 Å². The molecule has 0 saturated carbocycles. The summed E-state index contributed by atoms with van der Waals surface area (Å²) in [5, 5.41) is 13.8. The number of ether oxygens (including phenoxy) is 1. The first-order valence-corrected chi connectivity index (χ1v) is 7.09.